The maximum absolute atomic E-state index is 11.0. The zero-order valence-corrected chi connectivity index (χ0v) is 16.3. The summed E-state index contributed by atoms with van der Waals surface area (Å²) in [6.45, 7) is 0.346. The summed E-state index contributed by atoms with van der Waals surface area (Å²) >= 11 is 1.23. The van der Waals surface area contributed by atoms with Crippen molar-refractivity contribution < 1.29 is 19.7 Å². The maximum atomic E-state index is 11.0. The van der Waals surface area contributed by atoms with Gasteiger partial charge < -0.3 is 25.0 Å². The molecule has 2 saturated heterocycles. The van der Waals surface area contributed by atoms with Gasteiger partial charge in [0.05, 0.1) is 6.61 Å². The fourth-order valence-corrected chi connectivity index (χ4v) is 5.90. The second-order valence-corrected chi connectivity index (χ2v) is 9.47. The number of fused-ring (bicyclic) bond motifs is 2. The number of rotatable bonds is 6. The Morgan fingerprint density at radius 2 is 2.04 bits per heavy atom. The normalized spacial score (nSPS) is 44.4. The molecular weight excluding hydrogens is 366 g/mol. The first kappa shape index (κ1) is 18.2. The van der Waals surface area contributed by atoms with Gasteiger partial charge in [-0.05, 0) is 42.1 Å². The van der Waals surface area contributed by atoms with Crippen LogP contribution in [0.25, 0.3) is 0 Å². The van der Waals surface area contributed by atoms with Gasteiger partial charge in [0.15, 0.2) is 6.29 Å². The summed E-state index contributed by atoms with van der Waals surface area (Å²) in [6, 6.07) is -0.568. The molecule has 2 aliphatic heterocycles. The van der Waals surface area contributed by atoms with Crippen LogP contribution in [0.5, 0.6) is 0 Å². The van der Waals surface area contributed by atoms with Crippen molar-refractivity contribution in [1.29, 1.82) is 0 Å². The zero-order chi connectivity index (χ0) is 18.4. The van der Waals surface area contributed by atoms with Crippen LogP contribution < -0.4 is 5.32 Å². The lowest BCUT2D eigenvalue weighted by Gasteiger charge is -2.46. The van der Waals surface area contributed by atoms with Gasteiger partial charge in [0.1, 0.15) is 29.4 Å². The van der Waals surface area contributed by atoms with Crippen molar-refractivity contribution in [2.75, 3.05) is 11.9 Å². The molecule has 3 heterocycles. The molecule has 27 heavy (non-hydrogen) atoms. The number of hydrogen-bond donors (Lipinski definition) is 3. The minimum absolute atomic E-state index is 0.247. The second-order valence-electron chi connectivity index (χ2n) is 8.86. The zero-order valence-electron chi connectivity index (χ0n) is 15.5. The molecule has 2 saturated carbocycles. The summed E-state index contributed by atoms with van der Waals surface area (Å²) in [5.74, 6) is 2.34. The minimum Gasteiger partial charge on any atom is -0.388 e. The van der Waals surface area contributed by atoms with Gasteiger partial charge in [-0.1, -0.05) is 38.5 Å². The molecule has 7 atom stereocenters. The smallest absolute Gasteiger partial charge is 0.234 e. The van der Waals surface area contributed by atoms with E-state index in [1.165, 1.54) is 50.1 Å². The number of hydrogen-bond acceptors (Lipinski definition) is 8. The van der Waals surface area contributed by atoms with Crippen LogP contribution in [0, 0.1) is 17.8 Å². The number of aliphatic hydroxyl groups excluding tert-OH is 2. The van der Waals surface area contributed by atoms with Crippen LogP contribution in [0.4, 0.5) is 5.95 Å². The summed E-state index contributed by atoms with van der Waals surface area (Å²) in [4.78, 5) is 4.10. The number of ether oxygens (including phenoxy) is 2. The van der Waals surface area contributed by atoms with Gasteiger partial charge in [0, 0.05) is 0 Å². The highest BCUT2D eigenvalue weighted by atomic mass is 32.1. The molecule has 0 spiro atoms. The number of nitrogens with zero attached hydrogens (tertiary/aromatic N) is 2. The van der Waals surface area contributed by atoms with E-state index < -0.39 is 30.1 Å². The predicted octanol–water partition coefficient (Wildman–Crippen LogP) is 2.16. The first-order chi connectivity index (χ1) is 13.2. The molecule has 4 aliphatic rings. The Balaban J connectivity index is 1.24. The van der Waals surface area contributed by atoms with Crippen molar-refractivity contribution in [2.45, 2.75) is 81.5 Å². The van der Waals surface area contributed by atoms with Crippen molar-refractivity contribution in [3.05, 3.63) is 5.51 Å². The van der Waals surface area contributed by atoms with Crippen molar-refractivity contribution >= 4 is 17.5 Å². The topological polar surface area (TPSA) is 96.7 Å². The highest BCUT2D eigenvalue weighted by Crippen LogP contribution is 2.50. The summed E-state index contributed by atoms with van der Waals surface area (Å²) < 4.78 is 16.3. The van der Waals surface area contributed by atoms with E-state index in [0.717, 1.165) is 18.8 Å². The van der Waals surface area contributed by atoms with Crippen LogP contribution in [0.15, 0.2) is 5.51 Å². The lowest BCUT2D eigenvalue weighted by Crippen LogP contribution is -2.65. The first-order valence-corrected chi connectivity index (χ1v) is 11.2. The van der Waals surface area contributed by atoms with Gasteiger partial charge in [-0.3, -0.25) is 0 Å². The molecule has 2 aliphatic carbocycles. The average molecular weight is 396 g/mol. The van der Waals surface area contributed by atoms with Crippen LogP contribution in [0.3, 0.4) is 0 Å². The molecule has 2 bridgehead atoms. The monoisotopic (exact) mass is 395 g/mol. The largest absolute Gasteiger partial charge is 0.388 e. The molecule has 7 nitrogen and oxygen atoms in total. The third kappa shape index (κ3) is 3.19. The lowest BCUT2D eigenvalue weighted by atomic mass is 9.76. The Morgan fingerprint density at radius 3 is 2.78 bits per heavy atom. The van der Waals surface area contributed by atoms with Crippen molar-refractivity contribution in [3.63, 3.8) is 0 Å². The molecule has 1 aromatic rings. The van der Waals surface area contributed by atoms with Gasteiger partial charge >= 0.3 is 0 Å². The number of aliphatic hydroxyl groups is 2. The fraction of sp³-hybridized carbons (Fsp3) is 0.895. The third-order valence-electron chi connectivity index (χ3n) is 7.39. The number of anilines is 1. The van der Waals surface area contributed by atoms with Crippen LogP contribution in [0.2, 0.25) is 0 Å². The maximum Gasteiger partial charge on any atom is 0.234 e. The Bertz CT molecular complexity index is 643. The second kappa shape index (κ2) is 7.22. The van der Waals surface area contributed by atoms with E-state index in [-0.39, 0.29) is 5.92 Å². The van der Waals surface area contributed by atoms with Gasteiger partial charge in [-0.2, -0.15) is 4.37 Å². The highest BCUT2D eigenvalue weighted by Gasteiger charge is 2.63. The summed E-state index contributed by atoms with van der Waals surface area (Å²) in [6.07, 6.45) is 7.65. The molecule has 150 valence electrons. The van der Waals surface area contributed by atoms with Crippen molar-refractivity contribution in [2.24, 2.45) is 17.8 Å². The van der Waals surface area contributed by atoms with Gasteiger partial charge in [-0.15, -0.1) is 0 Å². The van der Waals surface area contributed by atoms with Gasteiger partial charge in [0.25, 0.3) is 0 Å². The molecule has 0 amide bonds. The standard InChI is InChI=1S/C19H29N3O4S/c23-15-14(21-18-20-10-27-22-18)17-25-9-19(26-17,16(15)24)13-7-6-12(8-13)5-4-11-2-1-3-11/h10-17,23-24H,1-9H2,(H,21,22)/t12?,13?,14-,15?,16?,17+,19-/m1/s1. The predicted molar refractivity (Wildman–Crippen MR) is 100 cm³/mol. The molecule has 5 rings (SSSR count). The van der Waals surface area contributed by atoms with Crippen molar-refractivity contribution in [3.8, 4) is 0 Å². The minimum atomic E-state index is -0.970. The van der Waals surface area contributed by atoms with E-state index in [1.807, 2.05) is 0 Å². The Kier molecular flexibility index (Phi) is 4.88. The Labute approximate surface area is 163 Å². The van der Waals surface area contributed by atoms with E-state index >= 15 is 0 Å². The number of aromatic nitrogens is 2. The van der Waals surface area contributed by atoms with Gasteiger partial charge in [-0.25, -0.2) is 4.98 Å². The molecule has 4 unspecified atom stereocenters. The Morgan fingerprint density at radius 1 is 1.19 bits per heavy atom. The van der Waals surface area contributed by atoms with Crippen molar-refractivity contribution in [1.82, 2.24) is 9.36 Å². The summed E-state index contributed by atoms with van der Waals surface area (Å²) in [7, 11) is 0. The molecular formula is C19H29N3O4S. The highest BCUT2D eigenvalue weighted by molar-refractivity contribution is 7.03. The van der Waals surface area contributed by atoms with E-state index in [4.69, 9.17) is 9.47 Å². The molecule has 0 aromatic carbocycles. The van der Waals surface area contributed by atoms with Crippen LogP contribution in [-0.2, 0) is 9.47 Å². The van der Waals surface area contributed by atoms with Crippen LogP contribution >= 0.6 is 11.5 Å². The SMILES string of the molecule is OC1C(O)[C@]2(C3CCC(CCC4CCC4)C3)CO[C@@H](O2)[C@@H]1Nc1ncsn1. The van der Waals surface area contributed by atoms with Crippen LogP contribution in [-0.4, -0.2) is 56.3 Å². The molecule has 3 N–H and O–H groups in total. The average Bonchev–Trinajstić information content (AvgIpc) is 3.36. The van der Waals surface area contributed by atoms with Gasteiger partial charge in [0.2, 0.25) is 5.95 Å². The molecule has 4 fully saturated rings. The lowest BCUT2D eigenvalue weighted by molar-refractivity contribution is -0.231. The quantitative estimate of drug-likeness (QED) is 0.679. The third-order valence-corrected chi connectivity index (χ3v) is 7.87. The molecule has 1 aromatic heterocycles. The Hall–Kier alpha value is -0.800. The fourth-order valence-electron chi connectivity index (χ4n) is 5.50. The summed E-state index contributed by atoms with van der Waals surface area (Å²) in [5, 5.41) is 24.9. The van der Waals surface area contributed by atoms with E-state index in [0.29, 0.717) is 18.5 Å². The molecule has 0 radical (unpaired) electrons. The summed E-state index contributed by atoms with van der Waals surface area (Å²) in [5.41, 5.74) is 0.847. The number of nitrogens with one attached hydrogen (secondary N) is 1. The van der Waals surface area contributed by atoms with E-state index in [2.05, 4.69) is 14.7 Å². The molecule has 8 heteroatoms. The van der Waals surface area contributed by atoms with E-state index in [9.17, 15) is 10.2 Å². The first-order valence-electron chi connectivity index (χ1n) is 10.3. The van der Waals surface area contributed by atoms with E-state index in [1.54, 1.807) is 5.51 Å². The van der Waals surface area contributed by atoms with Crippen LogP contribution in [0.1, 0.15) is 51.4 Å².